The fourth-order valence-corrected chi connectivity index (χ4v) is 4.64. The Morgan fingerprint density at radius 1 is 1.00 bits per heavy atom. The fraction of sp³-hybridized carbons (Fsp3) is 0.238. The van der Waals surface area contributed by atoms with E-state index < -0.39 is 0 Å². The number of benzene rings is 2. The Balaban J connectivity index is 1.67. The maximum Gasteiger partial charge on any atom is 0.211 e. The van der Waals surface area contributed by atoms with Gasteiger partial charge < -0.3 is 9.47 Å². The van der Waals surface area contributed by atoms with Crippen molar-refractivity contribution in [1.82, 2.24) is 4.57 Å². The Morgan fingerprint density at radius 2 is 1.73 bits per heavy atom. The van der Waals surface area contributed by atoms with Crippen LogP contribution in [0.3, 0.4) is 0 Å². The Hall–Kier alpha value is -2.66. The Labute approximate surface area is 157 Å². The lowest BCUT2D eigenvalue weighted by Crippen LogP contribution is -2.23. The van der Waals surface area contributed by atoms with Crippen molar-refractivity contribution in [2.75, 3.05) is 11.9 Å². The molecule has 2 heterocycles. The van der Waals surface area contributed by atoms with Gasteiger partial charge in [-0.05, 0) is 29.8 Å². The molecule has 132 valence electrons. The predicted octanol–water partition coefficient (Wildman–Crippen LogP) is 4.44. The number of fused-ring (bicyclic) bond motifs is 2. The SMILES string of the molecule is CN1\C(=C/C=N\N=c2/sc3ccccc3n2C)C(C)(C)c2ccccc21. The summed E-state index contributed by atoms with van der Waals surface area (Å²) in [5, 5.41) is 8.72. The molecule has 4 rings (SSSR count). The molecule has 0 bridgehead atoms. The third kappa shape index (κ3) is 2.59. The summed E-state index contributed by atoms with van der Waals surface area (Å²) in [5.41, 5.74) is 4.95. The van der Waals surface area contributed by atoms with Crippen LogP contribution in [0.2, 0.25) is 0 Å². The lowest BCUT2D eigenvalue weighted by Gasteiger charge is -2.23. The van der Waals surface area contributed by atoms with Crippen LogP contribution < -0.4 is 9.70 Å². The molecule has 3 aromatic rings. The normalized spacial score (nSPS) is 18.4. The molecule has 0 atom stereocenters. The number of rotatable bonds is 2. The molecule has 0 N–H and O–H groups in total. The van der Waals surface area contributed by atoms with Gasteiger partial charge in [-0.15, -0.1) is 5.10 Å². The minimum Gasteiger partial charge on any atom is -0.347 e. The number of para-hydroxylation sites is 2. The van der Waals surface area contributed by atoms with Crippen LogP contribution in [-0.4, -0.2) is 17.8 Å². The van der Waals surface area contributed by atoms with Crippen LogP contribution in [0.1, 0.15) is 19.4 Å². The molecule has 0 radical (unpaired) electrons. The number of aromatic nitrogens is 1. The monoisotopic (exact) mass is 362 g/mol. The molecular weight excluding hydrogens is 340 g/mol. The zero-order chi connectivity index (χ0) is 18.3. The van der Waals surface area contributed by atoms with Gasteiger partial charge in [-0.1, -0.05) is 55.5 Å². The van der Waals surface area contributed by atoms with Gasteiger partial charge in [-0.2, -0.15) is 5.10 Å². The van der Waals surface area contributed by atoms with E-state index in [4.69, 9.17) is 0 Å². The molecule has 0 aliphatic carbocycles. The molecule has 0 saturated carbocycles. The number of aryl methyl sites for hydroxylation is 1. The largest absolute Gasteiger partial charge is 0.347 e. The third-order valence-corrected chi connectivity index (χ3v) is 6.20. The van der Waals surface area contributed by atoms with Crippen molar-refractivity contribution in [1.29, 1.82) is 0 Å². The maximum atomic E-state index is 4.41. The van der Waals surface area contributed by atoms with Crippen molar-refractivity contribution in [2.24, 2.45) is 17.3 Å². The van der Waals surface area contributed by atoms with Gasteiger partial charge in [-0.3, -0.25) is 0 Å². The van der Waals surface area contributed by atoms with E-state index in [-0.39, 0.29) is 5.41 Å². The van der Waals surface area contributed by atoms with Crippen molar-refractivity contribution < 1.29 is 0 Å². The van der Waals surface area contributed by atoms with Crippen LogP contribution in [0.4, 0.5) is 5.69 Å². The lowest BCUT2D eigenvalue weighted by atomic mass is 9.84. The van der Waals surface area contributed by atoms with Crippen molar-refractivity contribution in [3.8, 4) is 0 Å². The Bertz CT molecular complexity index is 1100. The first-order chi connectivity index (χ1) is 12.5. The highest BCUT2D eigenvalue weighted by atomic mass is 32.1. The number of anilines is 1. The zero-order valence-corrected chi connectivity index (χ0v) is 16.3. The second-order valence-electron chi connectivity index (χ2n) is 7.03. The Morgan fingerprint density at radius 3 is 2.50 bits per heavy atom. The molecule has 2 aromatic carbocycles. The van der Waals surface area contributed by atoms with Crippen LogP contribution in [0.5, 0.6) is 0 Å². The molecule has 1 aliphatic heterocycles. The molecule has 0 unspecified atom stereocenters. The van der Waals surface area contributed by atoms with Crippen molar-refractivity contribution in [3.05, 3.63) is 70.7 Å². The average molecular weight is 363 g/mol. The van der Waals surface area contributed by atoms with Gasteiger partial charge in [0.05, 0.1) is 16.4 Å². The number of allylic oxidation sites excluding steroid dienone is 2. The molecule has 4 nitrogen and oxygen atoms in total. The quantitative estimate of drug-likeness (QED) is 0.490. The van der Waals surface area contributed by atoms with E-state index in [2.05, 4.69) is 83.0 Å². The lowest BCUT2D eigenvalue weighted by molar-refractivity contribution is 0.641. The highest BCUT2D eigenvalue weighted by molar-refractivity contribution is 7.16. The molecular formula is C21H22N4S. The third-order valence-electron chi connectivity index (χ3n) is 5.10. The van der Waals surface area contributed by atoms with Crippen molar-refractivity contribution >= 4 is 33.5 Å². The van der Waals surface area contributed by atoms with Crippen molar-refractivity contribution in [3.63, 3.8) is 0 Å². The molecule has 5 heteroatoms. The molecule has 0 spiro atoms. The van der Waals surface area contributed by atoms with Gasteiger partial charge in [0, 0.05) is 30.9 Å². The zero-order valence-electron chi connectivity index (χ0n) is 15.5. The van der Waals surface area contributed by atoms with E-state index in [1.807, 2.05) is 19.2 Å². The van der Waals surface area contributed by atoms with Crippen LogP contribution in [0, 0.1) is 0 Å². The van der Waals surface area contributed by atoms with E-state index in [1.165, 1.54) is 27.2 Å². The van der Waals surface area contributed by atoms with Gasteiger partial charge in [0.2, 0.25) is 4.80 Å². The molecule has 26 heavy (non-hydrogen) atoms. The molecule has 1 aromatic heterocycles. The number of hydrogen-bond donors (Lipinski definition) is 0. The van der Waals surface area contributed by atoms with Crippen molar-refractivity contribution in [2.45, 2.75) is 19.3 Å². The van der Waals surface area contributed by atoms with E-state index in [9.17, 15) is 0 Å². The van der Waals surface area contributed by atoms with E-state index in [0.717, 1.165) is 4.80 Å². The smallest absolute Gasteiger partial charge is 0.211 e. The van der Waals surface area contributed by atoms with Crippen LogP contribution in [0.25, 0.3) is 10.2 Å². The summed E-state index contributed by atoms with van der Waals surface area (Å²) in [6.45, 7) is 4.50. The van der Waals surface area contributed by atoms with Crippen LogP contribution in [0.15, 0.2) is 70.5 Å². The predicted molar refractivity (Wildman–Crippen MR) is 111 cm³/mol. The highest BCUT2D eigenvalue weighted by Crippen LogP contribution is 2.46. The standard InChI is InChI=1S/C21H22N4S/c1-21(2)15-9-5-6-10-16(15)24(3)19(21)13-14-22-23-20-25(4)17-11-7-8-12-18(17)26-20/h5-14H,1-4H3/b19-13-,22-14-,23-20-. The fourth-order valence-electron chi connectivity index (χ4n) is 3.67. The summed E-state index contributed by atoms with van der Waals surface area (Å²) in [7, 11) is 4.13. The number of thiazole rings is 1. The minimum atomic E-state index is -0.0420. The minimum absolute atomic E-state index is 0.0420. The van der Waals surface area contributed by atoms with Crippen LogP contribution in [-0.2, 0) is 12.5 Å². The van der Waals surface area contributed by atoms with Gasteiger partial charge in [0.25, 0.3) is 0 Å². The van der Waals surface area contributed by atoms with Gasteiger partial charge in [0.15, 0.2) is 0 Å². The summed E-state index contributed by atoms with van der Waals surface area (Å²) in [6.07, 6.45) is 3.86. The highest BCUT2D eigenvalue weighted by Gasteiger charge is 2.37. The summed E-state index contributed by atoms with van der Waals surface area (Å²) < 4.78 is 3.29. The average Bonchev–Trinajstić information content (AvgIpc) is 3.06. The number of nitrogens with zero attached hydrogens (tertiary/aromatic N) is 4. The molecule has 0 amide bonds. The summed E-state index contributed by atoms with van der Waals surface area (Å²) in [6, 6.07) is 16.8. The van der Waals surface area contributed by atoms with E-state index in [1.54, 1.807) is 17.6 Å². The summed E-state index contributed by atoms with van der Waals surface area (Å²) in [5.74, 6) is 0. The second kappa shape index (κ2) is 6.25. The Kier molecular flexibility index (Phi) is 4.04. The molecule has 1 aliphatic rings. The van der Waals surface area contributed by atoms with Crippen LogP contribution >= 0.6 is 11.3 Å². The van der Waals surface area contributed by atoms with Gasteiger partial charge in [-0.25, -0.2) is 0 Å². The van der Waals surface area contributed by atoms with E-state index in [0.29, 0.717) is 0 Å². The second-order valence-corrected chi connectivity index (χ2v) is 8.04. The van der Waals surface area contributed by atoms with Gasteiger partial charge in [0.1, 0.15) is 0 Å². The number of likely N-dealkylation sites (N-methyl/N-ethyl adjacent to an activating group) is 1. The first kappa shape index (κ1) is 16.8. The van der Waals surface area contributed by atoms with Gasteiger partial charge >= 0.3 is 0 Å². The first-order valence-corrected chi connectivity index (χ1v) is 9.47. The molecule has 0 fully saturated rings. The summed E-state index contributed by atoms with van der Waals surface area (Å²) >= 11 is 1.65. The first-order valence-electron chi connectivity index (χ1n) is 8.66. The maximum absolute atomic E-state index is 4.41. The van der Waals surface area contributed by atoms with E-state index >= 15 is 0 Å². The topological polar surface area (TPSA) is 32.9 Å². The number of hydrogen-bond acceptors (Lipinski definition) is 4. The summed E-state index contributed by atoms with van der Waals surface area (Å²) in [4.78, 5) is 3.13. The molecule has 0 saturated heterocycles.